The second kappa shape index (κ2) is 7.23. The lowest BCUT2D eigenvalue weighted by Crippen LogP contribution is -2.28. The van der Waals surface area contributed by atoms with Crippen molar-refractivity contribution in [1.29, 1.82) is 0 Å². The number of carbonyl (C=O) groups is 3. The van der Waals surface area contributed by atoms with Gasteiger partial charge in [0.1, 0.15) is 13.2 Å². The molecule has 2 amide bonds. The fourth-order valence-corrected chi connectivity index (χ4v) is 4.18. The highest BCUT2D eigenvalue weighted by molar-refractivity contribution is 7.17. The van der Waals surface area contributed by atoms with Crippen LogP contribution in [0.1, 0.15) is 28.7 Å². The molecule has 1 saturated heterocycles. The molecule has 1 aromatic carbocycles. The first kappa shape index (κ1) is 18.4. The number of hydrogen-bond acceptors (Lipinski definition) is 7. The molecule has 3 heterocycles. The molecular formula is C19H19N3O5S. The average Bonchev–Trinajstić information content (AvgIpc) is 3.24. The summed E-state index contributed by atoms with van der Waals surface area (Å²) in [6.07, 6.45) is 0.115. The molecule has 1 fully saturated rings. The molecule has 9 heteroatoms. The number of thiazole rings is 1. The van der Waals surface area contributed by atoms with E-state index >= 15 is 0 Å². The van der Waals surface area contributed by atoms with Gasteiger partial charge in [-0.15, -0.1) is 0 Å². The summed E-state index contributed by atoms with van der Waals surface area (Å²) in [6, 6.07) is 5.32. The normalized spacial score (nSPS) is 18.3. The van der Waals surface area contributed by atoms with E-state index in [1.54, 1.807) is 30.0 Å². The van der Waals surface area contributed by atoms with Crippen LogP contribution < -0.4 is 19.7 Å². The van der Waals surface area contributed by atoms with Crippen LogP contribution in [-0.4, -0.2) is 42.3 Å². The van der Waals surface area contributed by atoms with E-state index in [9.17, 15) is 14.4 Å². The molecule has 1 atom stereocenters. The van der Waals surface area contributed by atoms with Gasteiger partial charge in [0, 0.05) is 31.6 Å². The van der Waals surface area contributed by atoms with Crippen LogP contribution in [0.4, 0.5) is 10.8 Å². The standard InChI is InChI=1S/C19H19N3O5S/c1-10-17(11(2)23)28-19(20-10)21-18(25)12-7-16(24)22(9-12)13-3-4-14-15(8-13)27-6-5-26-14/h3-4,8,12H,5-7,9H2,1-2H3,(H,20,21,25). The summed E-state index contributed by atoms with van der Waals surface area (Å²) in [5.41, 5.74) is 1.27. The van der Waals surface area contributed by atoms with Crippen molar-refractivity contribution in [2.24, 2.45) is 5.92 Å². The molecule has 1 N–H and O–H groups in total. The predicted octanol–water partition coefficient (Wildman–Crippen LogP) is 2.42. The molecule has 2 aliphatic heterocycles. The number of aryl methyl sites for hydroxylation is 1. The van der Waals surface area contributed by atoms with E-state index in [1.165, 1.54) is 6.92 Å². The Morgan fingerprint density at radius 1 is 1.25 bits per heavy atom. The van der Waals surface area contributed by atoms with Gasteiger partial charge >= 0.3 is 0 Å². The quantitative estimate of drug-likeness (QED) is 0.790. The average molecular weight is 401 g/mol. The van der Waals surface area contributed by atoms with Crippen LogP contribution in [0.25, 0.3) is 0 Å². The van der Waals surface area contributed by atoms with E-state index in [-0.39, 0.29) is 30.6 Å². The topological polar surface area (TPSA) is 97.8 Å². The molecule has 2 aromatic rings. The third kappa shape index (κ3) is 3.45. The van der Waals surface area contributed by atoms with Crippen molar-refractivity contribution < 1.29 is 23.9 Å². The van der Waals surface area contributed by atoms with Crippen molar-refractivity contribution in [2.75, 3.05) is 30.0 Å². The highest BCUT2D eigenvalue weighted by atomic mass is 32.1. The molecule has 146 valence electrons. The maximum absolute atomic E-state index is 12.6. The number of anilines is 2. The Balaban J connectivity index is 1.46. The number of nitrogens with one attached hydrogen (secondary N) is 1. The molecule has 2 aliphatic rings. The Morgan fingerprint density at radius 2 is 2.00 bits per heavy atom. The van der Waals surface area contributed by atoms with Crippen molar-refractivity contribution in [1.82, 2.24) is 4.98 Å². The van der Waals surface area contributed by atoms with Gasteiger partial charge < -0.3 is 19.7 Å². The first-order valence-electron chi connectivity index (χ1n) is 8.91. The van der Waals surface area contributed by atoms with Crippen LogP contribution in [0.5, 0.6) is 11.5 Å². The van der Waals surface area contributed by atoms with Gasteiger partial charge in [-0.3, -0.25) is 14.4 Å². The minimum Gasteiger partial charge on any atom is -0.486 e. The molecule has 8 nitrogen and oxygen atoms in total. The number of ether oxygens (including phenoxy) is 2. The molecule has 1 unspecified atom stereocenters. The SMILES string of the molecule is CC(=O)c1sc(NC(=O)C2CC(=O)N(c3ccc4c(c3)OCCO4)C2)nc1C. The Hall–Kier alpha value is -2.94. The fraction of sp³-hybridized carbons (Fsp3) is 0.368. The minimum absolute atomic E-state index is 0.0867. The van der Waals surface area contributed by atoms with Crippen LogP contribution in [0.2, 0.25) is 0 Å². The lowest BCUT2D eigenvalue weighted by Gasteiger charge is -2.22. The Bertz CT molecular complexity index is 970. The van der Waals surface area contributed by atoms with Crippen LogP contribution in [0, 0.1) is 12.8 Å². The fourth-order valence-electron chi connectivity index (χ4n) is 3.32. The van der Waals surface area contributed by atoms with Crippen molar-refractivity contribution >= 4 is 39.8 Å². The van der Waals surface area contributed by atoms with Gasteiger partial charge in [-0.2, -0.15) is 0 Å². The van der Waals surface area contributed by atoms with Crippen molar-refractivity contribution in [3.8, 4) is 11.5 Å². The number of amides is 2. The van der Waals surface area contributed by atoms with Gasteiger partial charge in [-0.1, -0.05) is 11.3 Å². The zero-order chi connectivity index (χ0) is 19.8. The number of hydrogen-bond donors (Lipinski definition) is 1. The first-order valence-corrected chi connectivity index (χ1v) is 9.73. The number of benzene rings is 1. The summed E-state index contributed by atoms with van der Waals surface area (Å²) in [5.74, 6) is 0.256. The van der Waals surface area contributed by atoms with Crippen LogP contribution in [0.3, 0.4) is 0 Å². The van der Waals surface area contributed by atoms with E-state index in [0.29, 0.717) is 46.1 Å². The molecule has 1 aromatic heterocycles. The summed E-state index contributed by atoms with van der Waals surface area (Å²) in [4.78, 5) is 43.0. The highest BCUT2D eigenvalue weighted by Gasteiger charge is 2.36. The van der Waals surface area contributed by atoms with Gasteiger partial charge in [0.05, 0.1) is 16.5 Å². The molecule has 0 bridgehead atoms. The van der Waals surface area contributed by atoms with Gasteiger partial charge in [-0.25, -0.2) is 4.98 Å². The number of carbonyl (C=O) groups excluding carboxylic acids is 3. The summed E-state index contributed by atoms with van der Waals surface area (Å²) >= 11 is 1.15. The number of Topliss-reactive ketones (excluding diaryl/α,β-unsaturated/α-hetero) is 1. The molecule has 0 saturated carbocycles. The smallest absolute Gasteiger partial charge is 0.231 e. The van der Waals surface area contributed by atoms with E-state index in [0.717, 1.165) is 11.3 Å². The first-order chi connectivity index (χ1) is 13.4. The van der Waals surface area contributed by atoms with Gasteiger partial charge in [0.15, 0.2) is 22.4 Å². The minimum atomic E-state index is -0.495. The molecule has 0 spiro atoms. The highest BCUT2D eigenvalue weighted by Crippen LogP contribution is 2.36. The largest absolute Gasteiger partial charge is 0.486 e. The number of fused-ring (bicyclic) bond motifs is 1. The van der Waals surface area contributed by atoms with Crippen LogP contribution in [-0.2, 0) is 9.59 Å². The summed E-state index contributed by atoms with van der Waals surface area (Å²) < 4.78 is 11.1. The Labute approximate surface area is 165 Å². The molecule has 0 aliphatic carbocycles. The Kier molecular flexibility index (Phi) is 4.76. The second-order valence-corrected chi connectivity index (χ2v) is 7.71. The number of nitrogens with zero attached hydrogens (tertiary/aromatic N) is 2. The van der Waals surface area contributed by atoms with E-state index in [1.807, 2.05) is 0 Å². The molecule has 0 radical (unpaired) electrons. The van der Waals surface area contributed by atoms with Crippen LogP contribution in [0.15, 0.2) is 18.2 Å². The zero-order valence-electron chi connectivity index (χ0n) is 15.5. The second-order valence-electron chi connectivity index (χ2n) is 6.71. The number of aromatic nitrogens is 1. The number of ketones is 1. The lowest BCUT2D eigenvalue weighted by molar-refractivity contribution is -0.122. The van der Waals surface area contributed by atoms with Gasteiger partial charge in [0.25, 0.3) is 0 Å². The van der Waals surface area contributed by atoms with E-state index < -0.39 is 5.92 Å². The summed E-state index contributed by atoms with van der Waals surface area (Å²) in [7, 11) is 0. The third-order valence-corrected chi connectivity index (χ3v) is 5.85. The van der Waals surface area contributed by atoms with Crippen LogP contribution >= 0.6 is 11.3 Å². The predicted molar refractivity (Wildman–Crippen MR) is 103 cm³/mol. The van der Waals surface area contributed by atoms with Crippen molar-refractivity contribution in [2.45, 2.75) is 20.3 Å². The zero-order valence-corrected chi connectivity index (χ0v) is 16.3. The monoisotopic (exact) mass is 401 g/mol. The maximum Gasteiger partial charge on any atom is 0.231 e. The van der Waals surface area contributed by atoms with Gasteiger partial charge in [-0.05, 0) is 19.1 Å². The number of rotatable bonds is 4. The molecule has 4 rings (SSSR count). The maximum atomic E-state index is 12.6. The molecule has 28 heavy (non-hydrogen) atoms. The molecular weight excluding hydrogens is 382 g/mol. The van der Waals surface area contributed by atoms with Crippen molar-refractivity contribution in [3.63, 3.8) is 0 Å². The lowest BCUT2D eigenvalue weighted by atomic mass is 10.1. The van der Waals surface area contributed by atoms with E-state index in [2.05, 4.69) is 10.3 Å². The summed E-state index contributed by atoms with van der Waals surface area (Å²) in [5, 5.41) is 3.11. The third-order valence-electron chi connectivity index (χ3n) is 4.68. The van der Waals surface area contributed by atoms with Crippen molar-refractivity contribution in [3.05, 3.63) is 28.8 Å². The summed E-state index contributed by atoms with van der Waals surface area (Å²) in [6.45, 7) is 4.43. The van der Waals surface area contributed by atoms with E-state index in [4.69, 9.17) is 9.47 Å². The van der Waals surface area contributed by atoms with Gasteiger partial charge in [0.2, 0.25) is 11.8 Å². The Morgan fingerprint density at radius 3 is 2.71 bits per heavy atom.